The molecule has 0 amide bonds. The van der Waals surface area contributed by atoms with Crippen molar-refractivity contribution >= 4 is 17.3 Å². The lowest BCUT2D eigenvalue weighted by atomic mass is 9.38. The highest BCUT2D eigenvalue weighted by molar-refractivity contribution is 5.98. The average molecular weight is 517 g/mol. The van der Waals surface area contributed by atoms with E-state index in [4.69, 9.17) is 0 Å². The van der Waals surface area contributed by atoms with Crippen LogP contribution in [0.3, 0.4) is 0 Å². The third-order valence-electron chi connectivity index (χ3n) is 11.1. The van der Waals surface area contributed by atoms with E-state index >= 15 is 0 Å². The standard InChI is InChI=1S/C30H44O7/c1-25(2,36)12-11-21(33)30(8,37)23-19(32)14-27(5)20-10-9-16-17(13-18(31)24(35)26(16,3)4)29(20,7)22(34)15-28(23,27)6/h9,11-12,17-20,23,31-32,36-37H,10,13-15H2,1-8H3/b12-11+/t17-,18?,19-,20+,23+,27+,28-,29+,30+/m1/s1. The Hall–Kier alpha value is -1.67. The van der Waals surface area contributed by atoms with Gasteiger partial charge in [-0.1, -0.05) is 38.5 Å². The van der Waals surface area contributed by atoms with Crippen LogP contribution in [0.25, 0.3) is 0 Å². The molecule has 4 aliphatic carbocycles. The van der Waals surface area contributed by atoms with Crippen molar-refractivity contribution in [2.45, 2.75) is 104 Å². The highest BCUT2D eigenvalue weighted by atomic mass is 16.3. The van der Waals surface area contributed by atoms with Gasteiger partial charge in [-0.3, -0.25) is 14.4 Å². The van der Waals surface area contributed by atoms with Gasteiger partial charge in [-0.05, 0) is 82.6 Å². The van der Waals surface area contributed by atoms with E-state index in [0.717, 1.165) is 5.57 Å². The number of aliphatic hydroxyl groups excluding tert-OH is 2. The first kappa shape index (κ1) is 28.3. The SMILES string of the molecule is CC(C)(O)/C=C/C(=O)[C@](C)(O)[C@H]1[C@H](O)C[C@@]2(C)[C@@H]3CC=C4[C@@H](CC(O)C(=O)C4(C)C)[C@]3(C)C(=O)C[C@]12C. The molecule has 0 radical (unpaired) electrons. The van der Waals surface area contributed by atoms with Crippen molar-refractivity contribution in [1.29, 1.82) is 0 Å². The van der Waals surface area contributed by atoms with Gasteiger partial charge in [-0.25, -0.2) is 0 Å². The van der Waals surface area contributed by atoms with E-state index < -0.39 is 56.8 Å². The molecule has 0 saturated heterocycles. The number of hydrogen-bond acceptors (Lipinski definition) is 7. The van der Waals surface area contributed by atoms with Crippen molar-refractivity contribution in [3.05, 3.63) is 23.8 Å². The Morgan fingerprint density at radius 2 is 1.62 bits per heavy atom. The number of carbonyl (C=O) groups is 3. The van der Waals surface area contributed by atoms with Crippen molar-refractivity contribution in [2.75, 3.05) is 0 Å². The van der Waals surface area contributed by atoms with Crippen LogP contribution in [0.4, 0.5) is 0 Å². The highest BCUT2D eigenvalue weighted by Gasteiger charge is 2.74. The molecule has 206 valence electrons. The molecule has 0 aromatic heterocycles. The third kappa shape index (κ3) is 3.71. The van der Waals surface area contributed by atoms with E-state index in [-0.39, 0.29) is 36.2 Å². The lowest BCUT2D eigenvalue weighted by Gasteiger charge is -2.64. The Labute approximate surface area is 220 Å². The van der Waals surface area contributed by atoms with Crippen LogP contribution in [-0.4, -0.2) is 61.2 Å². The fourth-order valence-electron chi connectivity index (χ4n) is 9.00. The van der Waals surface area contributed by atoms with Gasteiger partial charge in [0.05, 0.1) is 11.7 Å². The summed E-state index contributed by atoms with van der Waals surface area (Å²) in [5.74, 6) is -2.24. The number of Topliss-reactive ketones (excluding diaryl/α,β-unsaturated/α-hetero) is 2. The summed E-state index contributed by atoms with van der Waals surface area (Å²) in [6, 6.07) is 0. The number of allylic oxidation sites excluding steroid dienone is 2. The van der Waals surface area contributed by atoms with Gasteiger partial charge in [0.2, 0.25) is 0 Å². The van der Waals surface area contributed by atoms with E-state index in [0.29, 0.717) is 12.8 Å². The van der Waals surface area contributed by atoms with Crippen molar-refractivity contribution in [3.63, 3.8) is 0 Å². The van der Waals surface area contributed by atoms with Crippen molar-refractivity contribution in [2.24, 2.45) is 39.4 Å². The molecule has 4 aliphatic rings. The Kier molecular flexibility index (Phi) is 6.26. The second-order valence-corrected chi connectivity index (χ2v) is 14.2. The summed E-state index contributed by atoms with van der Waals surface area (Å²) in [6.07, 6.45) is 3.54. The second-order valence-electron chi connectivity index (χ2n) is 14.2. The predicted molar refractivity (Wildman–Crippen MR) is 138 cm³/mol. The van der Waals surface area contributed by atoms with Gasteiger partial charge in [0, 0.05) is 23.2 Å². The fourth-order valence-corrected chi connectivity index (χ4v) is 9.00. The van der Waals surface area contributed by atoms with Crippen LogP contribution in [0.2, 0.25) is 0 Å². The summed E-state index contributed by atoms with van der Waals surface area (Å²) < 4.78 is 0. The Balaban J connectivity index is 1.80. The van der Waals surface area contributed by atoms with Crippen LogP contribution in [0, 0.1) is 39.4 Å². The van der Waals surface area contributed by atoms with Crippen molar-refractivity contribution in [1.82, 2.24) is 0 Å². The molecule has 0 heterocycles. The summed E-state index contributed by atoms with van der Waals surface area (Å²) in [5, 5.41) is 43.7. The molecule has 37 heavy (non-hydrogen) atoms. The molecular weight excluding hydrogens is 472 g/mol. The van der Waals surface area contributed by atoms with Crippen LogP contribution in [0.5, 0.6) is 0 Å². The molecule has 3 fully saturated rings. The van der Waals surface area contributed by atoms with Crippen molar-refractivity contribution < 1.29 is 34.8 Å². The molecule has 0 aliphatic heterocycles. The molecular formula is C30H44O7. The smallest absolute Gasteiger partial charge is 0.187 e. The van der Waals surface area contributed by atoms with Gasteiger partial charge >= 0.3 is 0 Å². The minimum atomic E-state index is -1.95. The molecule has 4 N–H and O–H groups in total. The van der Waals surface area contributed by atoms with Gasteiger partial charge in [0.15, 0.2) is 11.6 Å². The zero-order valence-corrected chi connectivity index (χ0v) is 23.5. The molecule has 0 aromatic rings. The second kappa shape index (κ2) is 8.17. The zero-order chi connectivity index (χ0) is 28.1. The number of hydrogen-bond donors (Lipinski definition) is 4. The summed E-state index contributed by atoms with van der Waals surface area (Å²) >= 11 is 0. The number of rotatable bonds is 4. The predicted octanol–water partition coefficient (Wildman–Crippen LogP) is 2.93. The lowest BCUT2D eigenvalue weighted by molar-refractivity contribution is -0.183. The molecule has 0 bridgehead atoms. The number of carbonyl (C=O) groups excluding carboxylic acids is 3. The monoisotopic (exact) mass is 516 g/mol. The van der Waals surface area contributed by atoms with Crippen LogP contribution in [0.15, 0.2) is 23.8 Å². The maximum absolute atomic E-state index is 14.2. The first-order chi connectivity index (χ1) is 16.7. The highest BCUT2D eigenvalue weighted by Crippen LogP contribution is 2.74. The minimum Gasteiger partial charge on any atom is -0.393 e. The van der Waals surface area contributed by atoms with Gasteiger partial charge in [0.25, 0.3) is 0 Å². The first-order valence-electron chi connectivity index (χ1n) is 13.5. The van der Waals surface area contributed by atoms with Crippen LogP contribution >= 0.6 is 0 Å². The Morgan fingerprint density at radius 1 is 1.03 bits per heavy atom. The average Bonchev–Trinajstić information content (AvgIpc) is 2.96. The molecule has 7 nitrogen and oxygen atoms in total. The Morgan fingerprint density at radius 3 is 2.19 bits per heavy atom. The van der Waals surface area contributed by atoms with E-state index in [1.807, 2.05) is 27.7 Å². The summed E-state index contributed by atoms with van der Waals surface area (Å²) in [5.41, 5.74) is -5.46. The molecule has 3 saturated carbocycles. The van der Waals surface area contributed by atoms with E-state index in [1.165, 1.54) is 32.9 Å². The number of aliphatic hydroxyl groups is 4. The normalized spacial score (nSPS) is 45.1. The van der Waals surface area contributed by atoms with Crippen LogP contribution in [-0.2, 0) is 14.4 Å². The van der Waals surface area contributed by atoms with Crippen LogP contribution in [0.1, 0.15) is 81.1 Å². The molecule has 0 spiro atoms. The van der Waals surface area contributed by atoms with Gasteiger partial charge in [-0.15, -0.1) is 0 Å². The van der Waals surface area contributed by atoms with Crippen LogP contribution < -0.4 is 0 Å². The number of ketones is 3. The number of fused-ring (bicyclic) bond motifs is 5. The molecule has 1 unspecified atom stereocenters. The minimum absolute atomic E-state index is 0.0141. The summed E-state index contributed by atoms with van der Waals surface area (Å²) in [7, 11) is 0. The van der Waals surface area contributed by atoms with E-state index in [9.17, 15) is 34.8 Å². The van der Waals surface area contributed by atoms with Gasteiger partial charge in [-0.2, -0.15) is 0 Å². The topological polar surface area (TPSA) is 132 Å². The fraction of sp³-hybridized carbons (Fsp3) is 0.767. The quantitative estimate of drug-likeness (QED) is 0.334. The van der Waals surface area contributed by atoms with Gasteiger partial charge < -0.3 is 20.4 Å². The maximum Gasteiger partial charge on any atom is 0.187 e. The third-order valence-corrected chi connectivity index (χ3v) is 11.1. The summed E-state index contributed by atoms with van der Waals surface area (Å²) in [4.78, 5) is 40.2. The maximum atomic E-state index is 14.2. The first-order valence-corrected chi connectivity index (χ1v) is 13.5. The lowest BCUT2D eigenvalue weighted by Crippen LogP contribution is -2.65. The molecule has 7 heteroatoms. The largest absolute Gasteiger partial charge is 0.393 e. The van der Waals surface area contributed by atoms with E-state index in [1.54, 1.807) is 0 Å². The Bertz CT molecular complexity index is 1090. The zero-order valence-electron chi connectivity index (χ0n) is 23.5. The van der Waals surface area contributed by atoms with E-state index in [2.05, 4.69) is 13.0 Å². The van der Waals surface area contributed by atoms with Gasteiger partial charge in [0.1, 0.15) is 17.5 Å². The molecule has 0 aromatic carbocycles. The molecule has 9 atom stereocenters. The van der Waals surface area contributed by atoms with Crippen molar-refractivity contribution in [3.8, 4) is 0 Å². The molecule has 4 rings (SSSR count). The summed E-state index contributed by atoms with van der Waals surface area (Å²) in [6.45, 7) is 14.0.